The van der Waals surface area contributed by atoms with Crippen molar-refractivity contribution in [3.63, 3.8) is 0 Å². The quantitative estimate of drug-likeness (QED) is 0.627. The molecule has 160 valence electrons. The zero-order valence-electron chi connectivity index (χ0n) is 17.0. The van der Waals surface area contributed by atoms with Gasteiger partial charge in [-0.1, -0.05) is 6.07 Å². The Balaban J connectivity index is 1.87. The summed E-state index contributed by atoms with van der Waals surface area (Å²) in [6.45, 7) is 3.63. The molecule has 0 spiro atoms. The van der Waals surface area contributed by atoms with E-state index in [2.05, 4.69) is 5.10 Å². The molecule has 9 nitrogen and oxygen atoms in total. The summed E-state index contributed by atoms with van der Waals surface area (Å²) in [5, 5.41) is 14.5. The van der Waals surface area contributed by atoms with Crippen LogP contribution in [0.1, 0.15) is 29.8 Å². The second kappa shape index (κ2) is 9.12. The molecule has 0 aromatic heterocycles. The largest absolute Gasteiger partial charge is 0.490 e. The molecule has 0 radical (unpaired) electrons. The van der Waals surface area contributed by atoms with Crippen LogP contribution in [-0.4, -0.2) is 41.8 Å². The van der Waals surface area contributed by atoms with Gasteiger partial charge in [-0.2, -0.15) is 10.1 Å². The highest BCUT2D eigenvalue weighted by Crippen LogP contribution is 2.31. The summed E-state index contributed by atoms with van der Waals surface area (Å²) in [6.07, 6.45) is 1.67. The van der Waals surface area contributed by atoms with E-state index in [1.54, 1.807) is 31.2 Å². The highest BCUT2D eigenvalue weighted by atomic mass is 16.5. The summed E-state index contributed by atoms with van der Waals surface area (Å²) in [4.78, 5) is 34.9. The fourth-order valence-electron chi connectivity index (χ4n) is 2.92. The van der Waals surface area contributed by atoms with Crippen molar-refractivity contribution >= 4 is 35.3 Å². The topological polar surface area (TPSA) is 132 Å². The number of nitrogens with two attached hydrogens (primary N) is 1. The number of carbonyl (C=O) groups is 3. The predicted octanol–water partition coefficient (Wildman–Crippen LogP) is 2.45. The minimum atomic E-state index is -1.05. The highest BCUT2D eigenvalue weighted by molar-refractivity contribution is 6.32. The maximum absolute atomic E-state index is 12.9. The molecule has 0 saturated heterocycles. The molecule has 3 N–H and O–H groups in total. The van der Waals surface area contributed by atoms with Crippen LogP contribution < -0.4 is 20.2 Å². The van der Waals surface area contributed by atoms with Gasteiger partial charge in [-0.25, -0.2) is 4.79 Å². The highest BCUT2D eigenvalue weighted by Gasteiger charge is 2.29. The average Bonchev–Trinajstić information content (AvgIpc) is 3.01. The number of amides is 2. The van der Waals surface area contributed by atoms with Gasteiger partial charge in [0.05, 0.1) is 29.1 Å². The molecule has 0 atom stereocenters. The van der Waals surface area contributed by atoms with E-state index >= 15 is 0 Å². The van der Waals surface area contributed by atoms with Crippen molar-refractivity contribution in [1.29, 1.82) is 0 Å². The monoisotopic (exact) mass is 423 g/mol. The van der Waals surface area contributed by atoms with Crippen LogP contribution in [0.15, 0.2) is 53.1 Å². The lowest BCUT2D eigenvalue weighted by molar-refractivity contribution is -0.120. The van der Waals surface area contributed by atoms with E-state index < -0.39 is 11.9 Å². The van der Waals surface area contributed by atoms with Gasteiger partial charge >= 0.3 is 5.97 Å². The van der Waals surface area contributed by atoms with Gasteiger partial charge in [0.25, 0.3) is 11.8 Å². The first-order valence-electron chi connectivity index (χ1n) is 9.43. The van der Waals surface area contributed by atoms with Crippen LogP contribution in [0, 0.1) is 0 Å². The van der Waals surface area contributed by atoms with Crippen LogP contribution in [0.3, 0.4) is 0 Å². The van der Waals surface area contributed by atoms with Crippen LogP contribution in [-0.2, 0) is 9.59 Å². The molecule has 0 aliphatic carbocycles. The summed E-state index contributed by atoms with van der Waals surface area (Å²) in [7, 11) is 0. The van der Waals surface area contributed by atoms with Crippen molar-refractivity contribution < 1.29 is 29.0 Å². The maximum atomic E-state index is 12.9. The van der Waals surface area contributed by atoms with Crippen molar-refractivity contribution in [3.8, 4) is 11.5 Å². The molecule has 2 aromatic carbocycles. The van der Waals surface area contributed by atoms with E-state index in [1.807, 2.05) is 6.92 Å². The molecule has 1 aliphatic heterocycles. The number of hydrazone groups is 1. The third kappa shape index (κ3) is 4.89. The molecule has 9 heteroatoms. The van der Waals surface area contributed by atoms with Crippen molar-refractivity contribution in [2.24, 2.45) is 10.8 Å². The van der Waals surface area contributed by atoms with Crippen molar-refractivity contribution in [3.05, 3.63) is 59.2 Å². The number of carboxylic acid groups (broad SMARTS) is 1. The van der Waals surface area contributed by atoms with Crippen LogP contribution in [0.5, 0.6) is 11.5 Å². The Labute approximate surface area is 178 Å². The summed E-state index contributed by atoms with van der Waals surface area (Å²) in [5.41, 5.74) is 7.27. The van der Waals surface area contributed by atoms with Crippen LogP contribution >= 0.6 is 0 Å². The van der Waals surface area contributed by atoms with Crippen molar-refractivity contribution in [2.75, 3.05) is 18.2 Å². The lowest BCUT2D eigenvalue weighted by atomic mass is 10.1. The standard InChI is InChI=1S/C22H21N3O6/c1-3-30-19-11-14(4-9-18(19)31-12-20(23)26)10-17-13(2)24-25(21(17)27)16-7-5-15(6-8-16)22(28)29/h4-11H,3,12H2,1-2H3,(H2,23,26)(H,28,29)/b17-10+. The van der Waals surface area contributed by atoms with Crippen LogP contribution in [0.4, 0.5) is 5.69 Å². The third-order valence-electron chi connectivity index (χ3n) is 4.37. The fourth-order valence-corrected chi connectivity index (χ4v) is 2.92. The second-order valence-electron chi connectivity index (χ2n) is 6.61. The minimum Gasteiger partial charge on any atom is -0.490 e. The molecule has 2 aromatic rings. The minimum absolute atomic E-state index is 0.119. The Kier molecular flexibility index (Phi) is 6.35. The Bertz CT molecular complexity index is 1090. The van der Waals surface area contributed by atoms with Gasteiger partial charge in [0.1, 0.15) is 0 Å². The van der Waals surface area contributed by atoms with Gasteiger partial charge in [0, 0.05) is 0 Å². The second-order valence-corrected chi connectivity index (χ2v) is 6.61. The average molecular weight is 423 g/mol. The van der Waals surface area contributed by atoms with E-state index in [1.165, 1.54) is 29.3 Å². The van der Waals surface area contributed by atoms with Crippen LogP contribution in [0.25, 0.3) is 6.08 Å². The number of rotatable bonds is 8. The number of benzene rings is 2. The summed E-state index contributed by atoms with van der Waals surface area (Å²) >= 11 is 0. The number of hydrogen-bond acceptors (Lipinski definition) is 6. The molecule has 3 rings (SSSR count). The zero-order chi connectivity index (χ0) is 22.5. The molecule has 1 heterocycles. The van der Waals surface area contributed by atoms with Crippen molar-refractivity contribution in [1.82, 2.24) is 0 Å². The van der Waals surface area contributed by atoms with Gasteiger partial charge < -0.3 is 20.3 Å². The molecular formula is C22H21N3O6. The van der Waals surface area contributed by atoms with Gasteiger partial charge in [0.15, 0.2) is 18.1 Å². The molecule has 1 aliphatic rings. The Morgan fingerprint density at radius 2 is 1.84 bits per heavy atom. The summed E-state index contributed by atoms with van der Waals surface area (Å²) in [5.74, 6) is -1.21. The molecule has 0 unspecified atom stereocenters. The van der Waals surface area contributed by atoms with E-state index in [9.17, 15) is 14.4 Å². The van der Waals surface area contributed by atoms with E-state index in [-0.39, 0.29) is 18.1 Å². The Morgan fingerprint density at radius 3 is 2.45 bits per heavy atom. The number of anilines is 1. The SMILES string of the molecule is CCOc1cc(/C=C2/C(=O)N(c3ccc(C(=O)O)cc3)N=C2C)ccc1OCC(N)=O. The number of ether oxygens (including phenoxy) is 2. The van der Waals surface area contributed by atoms with Gasteiger partial charge in [0.2, 0.25) is 0 Å². The molecule has 0 bridgehead atoms. The smallest absolute Gasteiger partial charge is 0.335 e. The maximum Gasteiger partial charge on any atom is 0.335 e. The lowest BCUT2D eigenvalue weighted by Gasteiger charge is -2.12. The van der Waals surface area contributed by atoms with E-state index in [0.29, 0.717) is 40.6 Å². The number of nitrogens with zero attached hydrogens (tertiary/aromatic N) is 2. The third-order valence-corrected chi connectivity index (χ3v) is 4.37. The van der Waals surface area contributed by atoms with Crippen LogP contribution in [0.2, 0.25) is 0 Å². The van der Waals surface area contributed by atoms with Gasteiger partial charge in [-0.15, -0.1) is 0 Å². The number of primary amides is 1. The predicted molar refractivity (Wildman–Crippen MR) is 114 cm³/mol. The van der Waals surface area contributed by atoms with Gasteiger partial charge in [-0.3, -0.25) is 9.59 Å². The first kappa shape index (κ1) is 21.6. The molecular weight excluding hydrogens is 402 g/mol. The number of carboxylic acids is 1. The first-order valence-corrected chi connectivity index (χ1v) is 9.43. The molecule has 2 amide bonds. The zero-order valence-corrected chi connectivity index (χ0v) is 17.0. The first-order chi connectivity index (χ1) is 14.8. The summed E-state index contributed by atoms with van der Waals surface area (Å²) < 4.78 is 10.9. The fraction of sp³-hybridized carbons (Fsp3) is 0.182. The van der Waals surface area contributed by atoms with Gasteiger partial charge in [-0.05, 0) is 61.9 Å². The number of carbonyl (C=O) groups excluding carboxylic acids is 2. The Hall–Kier alpha value is -4.14. The normalized spacial score (nSPS) is 14.5. The molecule has 0 fully saturated rings. The molecule has 31 heavy (non-hydrogen) atoms. The Morgan fingerprint density at radius 1 is 1.13 bits per heavy atom. The number of aromatic carboxylic acids is 1. The summed E-state index contributed by atoms with van der Waals surface area (Å²) in [6, 6.07) is 10.9. The van der Waals surface area contributed by atoms with E-state index in [4.69, 9.17) is 20.3 Å². The number of hydrogen-bond donors (Lipinski definition) is 2. The van der Waals surface area contributed by atoms with E-state index in [0.717, 1.165) is 0 Å². The lowest BCUT2D eigenvalue weighted by Crippen LogP contribution is -2.21. The molecule has 0 saturated carbocycles. The van der Waals surface area contributed by atoms with Crippen molar-refractivity contribution in [2.45, 2.75) is 13.8 Å².